The van der Waals surface area contributed by atoms with Crippen molar-refractivity contribution >= 4 is 28.1 Å². The van der Waals surface area contributed by atoms with Gasteiger partial charge in [-0.1, -0.05) is 41.7 Å². The van der Waals surface area contributed by atoms with Crippen molar-refractivity contribution in [2.45, 2.75) is 13.3 Å². The van der Waals surface area contributed by atoms with Crippen molar-refractivity contribution in [2.75, 3.05) is 5.32 Å². The molecule has 1 aromatic heterocycles. The van der Waals surface area contributed by atoms with Crippen molar-refractivity contribution < 1.29 is 9.72 Å². The van der Waals surface area contributed by atoms with E-state index < -0.39 is 4.92 Å². The Morgan fingerprint density at radius 3 is 2.64 bits per heavy atom. The van der Waals surface area contributed by atoms with Crippen molar-refractivity contribution in [3.05, 3.63) is 80.3 Å². The molecule has 1 N–H and O–H groups in total. The first-order valence-corrected chi connectivity index (χ1v) is 8.27. The van der Waals surface area contributed by atoms with Crippen molar-refractivity contribution in [3.8, 4) is 0 Å². The zero-order valence-electron chi connectivity index (χ0n) is 13.3. The minimum Gasteiger partial charge on any atom is -0.296 e. The highest BCUT2D eigenvalue weighted by atomic mass is 32.1. The molecule has 7 nitrogen and oxygen atoms in total. The second-order valence-electron chi connectivity index (χ2n) is 5.38. The Kier molecular flexibility index (Phi) is 4.80. The summed E-state index contributed by atoms with van der Waals surface area (Å²) in [6.45, 7) is 1.60. The Balaban J connectivity index is 1.69. The number of carbonyl (C=O) groups excluding carboxylic acids is 1. The molecule has 25 heavy (non-hydrogen) atoms. The molecule has 0 saturated heterocycles. The number of hydrogen-bond donors (Lipinski definition) is 1. The molecule has 2 aromatic carbocycles. The number of hydrogen-bond acceptors (Lipinski definition) is 6. The molecular weight excluding hydrogens is 340 g/mol. The number of benzene rings is 2. The molecule has 3 aromatic rings. The Bertz CT molecular complexity index is 925. The van der Waals surface area contributed by atoms with E-state index in [-0.39, 0.29) is 11.6 Å². The maximum Gasteiger partial charge on any atom is 0.272 e. The van der Waals surface area contributed by atoms with Crippen molar-refractivity contribution in [2.24, 2.45) is 0 Å². The van der Waals surface area contributed by atoms with E-state index >= 15 is 0 Å². The van der Waals surface area contributed by atoms with Crippen LogP contribution in [0.3, 0.4) is 0 Å². The minimum atomic E-state index is -0.475. The van der Waals surface area contributed by atoms with E-state index in [1.807, 2.05) is 30.3 Å². The third-order valence-electron chi connectivity index (χ3n) is 3.54. The zero-order chi connectivity index (χ0) is 17.8. The number of nitro groups is 1. The molecule has 0 atom stereocenters. The lowest BCUT2D eigenvalue weighted by molar-refractivity contribution is -0.385. The van der Waals surface area contributed by atoms with Gasteiger partial charge in [-0.25, -0.2) is 0 Å². The predicted octanol–water partition coefficient (Wildman–Crippen LogP) is 3.60. The van der Waals surface area contributed by atoms with E-state index in [1.165, 1.54) is 29.5 Å². The Morgan fingerprint density at radius 1 is 1.20 bits per heavy atom. The van der Waals surface area contributed by atoms with Gasteiger partial charge in [-0.15, -0.1) is 10.2 Å². The fourth-order valence-corrected chi connectivity index (χ4v) is 3.09. The summed E-state index contributed by atoms with van der Waals surface area (Å²) in [6, 6.07) is 14.1. The normalized spacial score (nSPS) is 10.4. The van der Waals surface area contributed by atoms with E-state index in [2.05, 4.69) is 15.5 Å². The highest BCUT2D eigenvalue weighted by Gasteiger charge is 2.15. The van der Waals surface area contributed by atoms with Gasteiger partial charge in [-0.05, 0) is 24.6 Å². The molecule has 126 valence electrons. The van der Waals surface area contributed by atoms with Gasteiger partial charge < -0.3 is 0 Å². The second-order valence-corrected chi connectivity index (χ2v) is 6.44. The van der Waals surface area contributed by atoms with Crippen LogP contribution in [0.25, 0.3) is 0 Å². The third kappa shape index (κ3) is 4.04. The molecule has 0 fully saturated rings. The summed E-state index contributed by atoms with van der Waals surface area (Å²) in [6.07, 6.45) is 0.644. The highest BCUT2D eigenvalue weighted by Crippen LogP contribution is 2.22. The average molecular weight is 354 g/mol. The summed E-state index contributed by atoms with van der Waals surface area (Å²) >= 11 is 1.30. The third-order valence-corrected chi connectivity index (χ3v) is 4.38. The van der Waals surface area contributed by atoms with Gasteiger partial charge >= 0.3 is 0 Å². The number of nitrogens with one attached hydrogen (secondary N) is 1. The summed E-state index contributed by atoms with van der Waals surface area (Å²) in [7, 11) is 0. The number of aromatic nitrogens is 2. The number of amides is 1. The molecule has 0 aliphatic rings. The van der Waals surface area contributed by atoms with Gasteiger partial charge in [0.2, 0.25) is 5.13 Å². The number of carbonyl (C=O) groups is 1. The Hall–Kier alpha value is -3.13. The highest BCUT2D eigenvalue weighted by molar-refractivity contribution is 7.15. The summed E-state index contributed by atoms with van der Waals surface area (Å²) < 4.78 is 0. The van der Waals surface area contributed by atoms with E-state index in [0.29, 0.717) is 22.7 Å². The smallest absolute Gasteiger partial charge is 0.272 e. The summed E-state index contributed by atoms with van der Waals surface area (Å²) in [5.41, 5.74) is 1.86. The molecule has 1 heterocycles. The van der Waals surface area contributed by atoms with Gasteiger partial charge in [0.1, 0.15) is 5.01 Å². The Labute approximate surface area is 147 Å². The van der Waals surface area contributed by atoms with Crippen molar-refractivity contribution in [1.82, 2.24) is 10.2 Å². The molecule has 0 radical (unpaired) electrons. The standard InChI is InChI=1S/C17H14N4O3S/c1-11-9-13(7-8-14(11)21(23)24)16(22)18-17-20-19-15(25-17)10-12-5-3-2-4-6-12/h2-9H,10H2,1H3,(H,18,20,22). The number of anilines is 1. The lowest BCUT2D eigenvalue weighted by atomic mass is 10.1. The van der Waals surface area contributed by atoms with Gasteiger partial charge in [-0.3, -0.25) is 20.2 Å². The van der Waals surface area contributed by atoms with E-state index in [0.717, 1.165) is 10.6 Å². The molecule has 0 saturated carbocycles. The summed E-state index contributed by atoms with van der Waals surface area (Å²) in [5, 5.41) is 22.8. The molecule has 8 heteroatoms. The number of nitro benzene ring substituents is 1. The fourth-order valence-electron chi connectivity index (χ4n) is 2.32. The Morgan fingerprint density at radius 2 is 1.96 bits per heavy atom. The predicted molar refractivity (Wildman–Crippen MR) is 94.9 cm³/mol. The minimum absolute atomic E-state index is 0.0161. The fraction of sp³-hybridized carbons (Fsp3) is 0.118. The molecule has 0 aliphatic carbocycles. The van der Waals surface area contributed by atoms with Crippen LogP contribution >= 0.6 is 11.3 Å². The van der Waals surface area contributed by atoms with Crippen molar-refractivity contribution in [3.63, 3.8) is 0 Å². The molecule has 0 unspecified atom stereocenters. The SMILES string of the molecule is Cc1cc(C(=O)Nc2nnc(Cc3ccccc3)s2)ccc1[N+](=O)[O-]. The number of nitrogens with zero attached hydrogens (tertiary/aromatic N) is 3. The number of aryl methyl sites for hydroxylation is 1. The van der Waals surface area contributed by atoms with E-state index in [4.69, 9.17) is 0 Å². The van der Waals surface area contributed by atoms with Crippen LogP contribution in [0.2, 0.25) is 0 Å². The van der Waals surface area contributed by atoms with Gasteiger partial charge in [0.05, 0.1) is 4.92 Å². The van der Waals surface area contributed by atoms with Gasteiger partial charge in [0.15, 0.2) is 0 Å². The maximum absolute atomic E-state index is 12.3. The van der Waals surface area contributed by atoms with Gasteiger partial charge in [0, 0.05) is 23.6 Å². The molecule has 1 amide bonds. The van der Waals surface area contributed by atoms with E-state index in [9.17, 15) is 14.9 Å². The topological polar surface area (TPSA) is 98.0 Å². The van der Waals surface area contributed by atoms with E-state index in [1.54, 1.807) is 6.92 Å². The largest absolute Gasteiger partial charge is 0.296 e. The second kappa shape index (κ2) is 7.18. The molecule has 0 spiro atoms. The van der Waals surface area contributed by atoms with Crippen LogP contribution in [-0.4, -0.2) is 21.0 Å². The zero-order valence-corrected chi connectivity index (χ0v) is 14.1. The first kappa shape index (κ1) is 16.7. The monoisotopic (exact) mass is 354 g/mol. The van der Waals surface area contributed by atoms with Crippen LogP contribution in [0.5, 0.6) is 0 Å². The number of rotatable bonds is 5. The van der Waals surface area contributed by atoms with Crippen LogP contribution in [0, 0.1) is 17.0 Å². The molecule has 0 bridgehead atoms. The van der Waals surface area contributed by atoms with Gasteiger partial charge in [0.25, 0.3) is 11.6 Å². The first-order valence-electron chi connectivity index (χ1n) is 7.45. The lowest BCUT2D eigenvalue weighted by Crippen LogP contribution is -2.12. The quantitative estimate of drug-likeness (QED) is 0.557. The first-order chi connectivity index (χ1) is 12.0. The lowest BCUT2D eigenvalue weighted by Gasteiger charge is -2.03. The van der Waals surface area contributed by atoms with Crippen LogP contribution in [-0.2, 0) is 6.42 Å². The molecular formula is C17H14N4O3S. The molecule has 3 rings (SSSR count). The van der Waals surface area contributed by atoms with Crippen LogP contribution in [0.15, 0.2) is 48.5 Å². The van der Waals surface area contributed by atoms with Crippen molar-refractivity contribution in [1.29, 1.82) is 0 Å². The average Bonchev–Trinajstić information content (AvgIpc) is 3.02. The van der Waals surface area contributed by atoms with Crippen LogP contribution in [0.4, 0.5) is 10.8 Å². The summed E-state index contributed by atoms with van der Waals surface area (Å²) in [4.78, 5) is 22.6. The molecule has 0 aliphatic heterocycles. The van der Waals surface area contributed by atoms with Crippen LogP contribution < -0.4 is 5.32 Å². The summed E-state index contributed by atoms with van der Waals surface area (Å²) in [5.74, 6) is -0.375. The maximum atomic E-state index is 12.3. The van der Waals surface area contributed by atoms with Gasteiger partial charge in [-0.2, -0.15) is 0 Å². The van der Waals surface area contributed by atoms with Crippen LogP contribution in [0.1, 0.15) is 26.5 Å².